The monoisotopic (exact) mass is 300 g/mol. The average molecular weight is 301 g/mol. The zero-order chi connectivity index (χ0) is 13.1. The summed E-state index contributed by atoms with van der Waals surface area (Å²) in [6.45, 7) is 5.81. The van der Waals surface area contributed by atoms with Crippen molar-refractivity contribution < 1.29 is 4.79 Å². The Morgan fingerprint density at radius 3 is 2.21 bits per heavy atom. The van der Waals surface area contributed by atoms with E-state index in [1.54, 1.807) is 11.8 Å². The van der Waals surface area contributed by atoms with Gasteiger partial charge in [0.25, 0.3) is 5.91 Å². The van der Waals surface area contributed by atoms with Crippen LogP contribution in [0, 0.1) is 0 Å². The minimum atomic E-state index is 0. The van der Waals surface area contributed by atoms with Crippen LogP contribution in [0.25, 0.3) is 0 Å². The van der Waals surface area contributed by atoms with E-state index in [4.69, 9.17) is 0 Å². The van der Waals surface area contributed by atoms with E-state index < -0.39 is 0 Å². The molecule has 1 amide bonds. The summed E-state index contributed by atoms with van der Waals surface area (Å²) in [7, 11) is 0. The first-order valence-electron chi connectivity index (χ1n) is 6.29. The summed E-state index contributed by atoms with van der Waals surface area (Å²) in [4.78, 5) is 15.5. The molecule has 1 aliphatic heterocycles. The first-order chi connectivity index (χ1) is 8.60. The van der Waals surface area contributed by atoms with Gasteiger partial charge >= 0.3 is 0 Å². The van der Waals surface area contributed by atoms with E-state index >= 15 is 0 Å². The molecule has 1 fully saturated rings. The quantitative estimate of drug-likeness (QED) is 0.852. The van der Waals surface area contributed by atoms with Crippen molar-refractivity contribution in [2.75, 3.05) is 19.3 Å². The van der Waals surface area contributed by atoms with Crippen LogP contribution in [-0.4, -0.2) is 42.2 Å². The lowest BCUT2D eigenvalue weighted by Gasteiger charge is -2.36. The SMILES string of the molecule is CSc1ccc(C(=O)N2CC(C)NC(C)C2)cc1.Cl. The molecule has 0 saturated carbocycles. The molecule has 0 radical (unpaired) electrons. The van der Waals surface area contributed by atoms with Gasteiger partial charge in [0.2, 0.25) is 0 Å². The maximum Gasteiger partial charge on any atom is 0.253 e. The Hall–Kier alpha value is -0.710. The van der Waals surface area contributed by atoms with Gasteiger partial charge in [-0.15, -0.1) is 24.2 Å². The van der Waals surface area contributed by atoms with Crippen molar-refractivity contribution in [2.45, 2.75) is 30.8 Å². The number of halogens is 1. The van der Waals surface area contributed by atoms with E-state index in [0.29, 0.717) is 12.1 Å². The average Bonchev–Trinajstić information content (AvgIpc) is 2.37. The fraction of sp³-hybridized carbons (Fsp3) is 0.500. The number of thioether (sulfide) groups is 1. The van der Waals surface area contributed by atoms with Crippen molar-refractivity contribution in [3.05, 3.63) is 29.8 Å². The predicted molar refractivity (Wildman–Crippen MR) is 83.4 cm³/mol. The van der Waals surface area contributed by atoms with Gasteiger partial charge in [-0.1, -0.05) is 0 Å². The highest BCUT2D eigenvalue weighted by Gasteiger charge is 2.25. The Balaban J connectivity index is 0.00000180. The maximum absolute atomic E-state index is 12.4. The van der Waals surface area contributed by atoms with Crippen LogP contribution in [0.2, 0.25) is 0 Å². The van der Waals surface area contributed by atoms with E-state index in [0.717, 1.165) is 18.7 Å². The minimum absolute atomic E-state index is 0. The number of amides is 1. The maximum atomic E-state index is 12.4. The Morgan fingerprint density at radius 1 is 1.21 bits per heavy atom. The second-order valence-corrected chi connectivity index (χ2v) is 5.79. The molecular weight excluding hydrogens is 280 g/mol. The smallest absolute Gasteiger partial charge is 0.253 e. The summed E-state index contributed by atoms with van der Waals surface area (Å²) in [5.41, 5.74) is 0.786. The van der Waals surface area contributed by atoms with Crippen molar-refractivity contribution in [2.24, 2.45) is 0 Å². The summed E-state index contributed by atoms with van der Waals surface area (Å²) in [6, 6.07) is 8.59. The van der Waals surface area contributed by atoms with Crippen LogP contribution in [-0.2, 0) is 0 Å². The molecule has 1 heterocycles. The molecule has 0 bridgehead atoms. The van der Waals surface area contributed by atoms with Crippen molar-refractivity contribution in [3.63, 3.8) is 0 Å². The molecule has 0 aliphatic carbocycles. The Kier molecular flexibility index (Phi) is 6.17. The topological polar surface area (TPSA) is 32.3 Å². The van der Waals surface area contributed by atoms with Gasteiger partial charge in [-0.2, -0.15) is 0 Å². The summed E-state index contributed by atoms with van der Waals surface area (Å²) in [5, 5.41) is 3.44. The van der Waals surface area contributed by atoms with E-state index in [9.17, 15) is 4.79 Å². The molecule has 1 aliphatic rings. The minimum Gasteiger partial charge on any atom is -0.336 e. The molecule has 0 spiro atoms. The lowest BCUT2D eigenvalue weighted by molar-refractivity contribution is 0.0673. The summed E-state index contributed by atoms with van der Waals surface area (Å²) < 4.78 is 0. The number of hydrogen-bond acceptors (Lipinski definition) is 3. The molecule has 3 nitrogen and oxygen atoms in total. The van der Waals surface area contributed by atoms with Crippen LogP contribution < -0.4 is 5.32 Å². The summed E-state index contributed by atoms with van der Waals surface area (Å²) in [6.07, 6.45) is 2.04. The molecule has 1 aromatic rings. The van der Waals surface area contributed by atoms with Gasteiger partial charge in [-0.25, -0.2) is 0 Å². The normalized spacial score (nSPS) is 22.8. The molecular formula is C14H21ClN2OS. The molecule has 0 aromatic heterocycles. The molecule has 19 heavy (non-hydrogen) atoms. The van der Waals surface area contributed by atoms with Crippen molar-refractivity contribution >= 4 is 30.1 Å². The van der Waals surface area contributed by atoms with Gasteiger partial charge in [-0.05, 0) is 44.4 Å². The van der Waals surface area contributed by atoms with Crippen molar-refractivity contribution in [1.29, 1.82) is 0 Å². The number of benzene rings is 1. The third kappa shape index (κ3) is 4.13. The van der Waals surface area contributed by atoms with E-state index in [-0.39, 0.29) is 18.3 Å². The third-order valence-electron chi connectivity index (χ3n) is 3.18. The highest BCUT2D eigenvalue weighted by atomic mass is 35.5. The molecule has 2 atom stereocenters. The predicted octanol–water partition coefficient (Wildman–Crippen LogP) is 2.65. The highest BCUT2D eigenvalue weighted by Crippen LogP contribution is 2.17. The van der Waals surface area contributed by atoms with Gasteiger partial charge in [0, 0.05) is 35.6 Å². The second-order valence-electron chi connectivity index (χ2n) is 4.91. The number of nitrogens with one attached hydrogen (secondary N) is 1. The zero-order valence-electron chi connectivity index (χ0n) is 11.6. The van der Waals surface area contributed by atoms with E-state index in [1.165, 1.54) is 4.90 Å². The molecule has 1 saturated heterocycles. The zero-order valence-corrected chi connectivity index (χ0v) is 13.2. The molecule has 5 heteroatoms. The van der Waals surface area contributed by atoms with Crippen LogP contribution in [0.15, 0.2) is 29.2 Å². The first kappa shape index (κ1) is 16.3. The number of rotatable bonds is 2. The molecule has 2 rings (SSSR count). The first-order valence-corrected chi connectivity index (χ1v) is 7.52. The lowest BCUT2D eigenvalue weighted by Crippen LogP contribution is -2.55. The number of nitrogens with zero attached hydrogens (tertiary/aromatic N) is 1. The summed E-state index contributed by atoms with van der Waals surface area (Å²) in [5.74, 6) is 0.142. The van der Waals surface area contributed by atoms with Crippen LogP contribution in [0.5, 0.6) is 0 Å². The van der Waals surface area contributed by atoms with Crippen LogP contribution in [0.4, 0.5) is 0 Å². The number of piperazine rings is 1. The Morgan fingerprint density at radius 2 is 1.74 bits per heavy atom. The van der Waals surface area contributed by atoms with Gasteiger partial charge in [0.15, 0.2) is 0 Å². The van der Waals surface area contributed by atoms with Crippen LogP contribution in [0.1, 0.15) is 24.2 Å². The molecule has 2 unspecified atom stereocenters. The van der Waals surface area contributed by atoms with Gasteiger partial charge in [0.05, 0.1) is 0 Å². The number of carbonyl (C=O) groups is 1. The fourth-order valence-corrected chi connectivity index (χ4v) is 2.82. The third-order valence-corrected chi connectivity index (χ3v) is 3.93. The summed E-state index contributed by atoms with van der Waals surface area (Å²) >= 11 is 1.69. The van der Waals surface area contributed by atoms with Crippen LogP contribution in [0.3, 0.4) is 0 Å². The highest BCUT2D eigenvalue weighted by molar-refractivity contribution is 7.98. The molecule has 106 valence electrons. The van der Waals surface area contributed by atoms with Gasteiger partial charge in [-0.3, -0.25) is 4.79 Å². The Bertz CT molecular complexity index is 414. The molecule has 1 N–H and O–H groups in total. The Labute approximate surface area is 125 Å². The van der Waals surface area contributed by atoms with Gasteiger partial charge in [0.1, 0.15) is 0 Å². The number of hydrogen-bond donors (Lipinski definition) is 1. The lowest BCUT2D eigenvalue weighted by atomic mass is 10.1. The molecule has 1 aromatic carbocycles. The standard InChI is InChI=1S/C14H20N2OS.ClH/c1-10-8-16(9-11(2)15-10)14(17)12-4-6-13(18-3)7-5-12;/h4-7,10-11,15H,8-9H2,1-3H3;1H. The fourth-order valence-electron chi connectivity index (χ4n) is 2.41. The van der Waals surface area contributed by atoms with Crippen LogP contribution >= 0.6 is 24.2 Å². The van der Waals surface area contributed by atoms with Crippen molar-refractivity contribution in [3.8, 4) is 0 Å². The largest absolute Gasteiger partial charge is 0.336 e. The van der Waals surface area contributed by atoms with Gasteiger partial charge < -0.3 is 10.2 Å². The van der Waals surface area contributed by atoms with Crippen molar-refractivity contribution in [1.82, 2.24) is 10.2 Å². The second kappa shape index (κ2) is 7.17. The van der Waals surface area contributed by atoms with E-state index in [1.807, 2.05) is 35.4 Å². The number of carbonyl (C=O) groups excluding carboxylic acids is 1. The van der Waals surface area contributed by atoms with E-state index in [2.05, 4.69) is 19.2 Å².